The third-order valence-electron chi connectivity index (χ3n) is 11.1. The van der Waals surface area contributed by atoms with Crippen LogP contribution in [0.1, 0.15) is 0 Å². The molecule has 0 saturated carbocycles. The second kappa shape index (κ2) is 12.6. The van der Waals surface area contributed by atoms with Gasteiger partial charge in [-0.15, -0.1) is 11.3 Å². The lowest BCUT2D eigenvalue weighted by molar-refractivity contribution is 0.669. The number of para-hydroxylation sites is 2. The Bertz CT molecular complexity index is 3420. The van der Waals surface area contributed by atoms with Gasteiger partial charge in [0.2, 0.25) is 0 Å². The average molecular weight is 747 g/mol. The number of aromatic nitrogens is 4. The van der Waals surface area contributed by atoms with Gasteiger partial charge < -0.3 is 8.98 Å². The Hall–Kier alpha value is -7.41. The zero-order chi connectivity index (χ0) is 37.5. The topological polar surface area (TPSA) is 56.7 Å². The van der Waals surface area contributed by atoms with Gasteiger partial charge in [0.1, 0.15) is 11.2 Å². The van der Waals surface area contributed by atoms with Crippen molar-refractivity contribution in [2.24, 2.45) is 0 Å². The van der Waals surface area contributed by atoms with Gasteiger partial charge in [-0.05, 0) is 42.0 Å². The molecule has 266 valence electrons. The van der Waals surface area contributed by atoms with Crippen molar-refractivity contribution in [3.05, 3.63) is 182 Å². The lowest BCUT2D eigenvalue weighted by Crippen LogP contribution is -2.00. The Morgan fingerprint density at radius 2 is 0.842 bits per heavy atom. The first-order valence-corrected chi connectivity index (χ1v) is 19.8. The molecule has 57 heavy (non-hydrogen) atoms. The van der Waals surface area contributed by atoms with Crippen molar-refractivity contribution in [2.45, 2.75) is 0 Å². The van der Waals surface area contributed by atoms with Gasteiger partial charge in [0, 0.05) is 58.6 Å². The molecule has 0 bridgehead atoms. The minimum absolute atomic E-state index is 0.649. The summed E-state index contributed by atoms with van der Waals surface area (Å²) in [5.41, 5.74) is 10.3. The van der Waals surface area contributed by atoms with E-state index in [0.717, 1.165) is 60.1 Å². The first kappa shape index (κ1) is 31.9. The molecule has 0 aliphatic heterocycles. The summed E-state index contributed by atoms with van der Waals surface area (Å²) in [5.74, 6) is 1.95. The smallest absolute Gasteiger partial charge is 0.165 e. The third kappa shape index (κ3) is 4.91. The lowest BCUT2D eigenvalue weighted by atomic mass is 9.97. The number of benzene rings is 8. The standard InChI is InChI=1S/C51H30N4OS/c1-3-15-31(16-4-1)49-52-50(32-17-5-2-6-18-32)54-51(53-49)39-25-12-24-38-37-23-11-22-36(47(37)57-48(38)39)35-21-13-29-43-45(35)46-42(28-14-30-44(46)56-43)55-40-26-9-7-19-33(40)34-20-8-10-27-41(34)55/h1-30H. The largest absolute Gasteiger partial charge is 0.456 e. The molecule has 5 nitrogen and oxygen atoms in total. The molecule has 0 amide bonds. The third-order valence-corrected chi connectivity index (χ3v) is 12.4. The van der Waals surface area contributed by atoms with Crippen LogP contribution < -0.4 is 0 Å². The molecule has 0 fully saturated rings. The predicted octanol–water partition coefficient (Wildman–Crippen LogP) is 13.9. The summed E-state index contributed by atoms with van der Waals surface area (Å²) in [4.78, 5) is 15.2. The SMILES string of the molecule is c1ccc(-c2nc(-c3ccccc3)nc(-c3cccc4c3sc3c(-c5cccc6oc7cccc(-n8c9ccccc9c9ccccc98)c7c56)cccc34)n2)cc1. The van der Waals surface area contributed by atoms with Gasteiger partial charge in [0.05, 0.1) is 22.1 Å². The van der Waals surface area contributed by atoms with Crippen LogP contribution in [-0.2, 0) is 0 Å². The zero-order valence-corrected chi connectivity index (χ0v) is 31.2. The van der Waals surface area contributed by atoms with Crippen LogP contribution in [-0.4, -0.2) is 19.5 Å². The number of hydrogen-bond acceptors (Lipinski definition) is 5. The van der Waals surface area contributed by atoms with Crippen LogP contribution in [0.15, 0.2) is 186 Å². The van der Waals surface area contributed by atoms with Crippen molar-refractivity contribution in [1.82, 2.24) is 19.5 Å². The molecule has 0 aliphatic rings. The van der Waals surface area contributed by atoms with Crippen molar-refractivity contribution in [1.29, 1.82) is 0 Å². The molecule has 0 N–H and O–H groups in total. The van der Waals surface area contributed by atoms with Gasteiger partial charge >= 0.3 is 0 Å². The molecular weight excluding hydrogens is 717 g/mol. The van der Waals surface area contributed by atoms with E-state index in [1.807, 2.05) is 60.7 Å². The van der Waals surface area contributed by atoms with Gasteiger partial charge in [-0.1, -0.05) is 146 Å². The highest BCUT2D eigenvalue weighted by Gasteiger charge is 2.22. The molecule has 0 aliphatic carbocycles. The van der Waals surface area contributed by atoms with E-state index in [1.165, 1.54) is 37.3 Å². The van der Waals surface area contributed by atoms with E-state index in [4.69, 9.17) is 19.4 Å². The zero-order valence-electron chi connectivity index (χ0n) is 30.4. The molecule has 12 rings (SSSR count). The van der Waals surface area contributed by atoms with Crippen molar-refractivity contribution in [3.63, 3.8) is 0 Å². The normalized spacial score (nSPS) is 11.9. The van der Waals surface area contributed by atoms with Gasteiger partial charge in [-0.2, -0.15) is 0 Å². The molecular formula is C51H30N4OS. The fraction of sp³-hybridized carbons (Fsp3) is 0. The van der Waals surface area contributed by atoms with Gasteiger partial charge in [-0.3, -0.25) is 0 Å². The van der Waals surface area contributed by atoms with Crippen molar-refractivity contribution >= 4 is 75.3 Å². The van der Waals surface area contributed by atoms with E-state index >= 15 is 0 Å². The number of hydrogen-bond donors (Lipinski definition) is 0. The lowest BCUT2D eigenvalue weighted by Gasteiger charge is -2.11. The highest BCUT2D eigenvalue weighted by molar-refractivity contribution is 7.26. The predicted molar refractivity (Wildman–Crippen MR) is 236 cm³/mol. The van der Waals surface area contributed by atoms with Crippen LogP contribution in [0.25, 0.3) is 115 Å². The van der Waals surface area contributed by atoms with E-state index in [9.17, 15) is 0 Å². The summed E-state index contributed by atoms with van der Waals surface area (Å²) in [7, 11) is 0. The quantitative estimate of drug-likeness (QED) is 0.176. The van der Waals surface area contributed by atoms with E-state index in [2.05, 4.69) is 126 Å². The van der Waals surface area contributed by atoms with E-state index in [1.54, 1.807) is 11.3 Å². The molecule has 0 unspecified atom stereocenters. The Kier molecular flexibility index (Phi) is 7.03. The van der Waals surface area contributed by atoms with Crippen LogP contribution in [0.5, 0.6) is 0 Å². The summed E-state index contributed by atoms with van der Waals surface area (Å²) in [6.45, 7) is 0. The minimum atomic E-state index is 0.649. The molecule has 0 atom stereocenters. The van der Waals surface area contributed by atoms with Crippen LogP contribution in [0.4, 0.5) is 0 Å². The second-order valence-electron chi connectivity index (χ2n) is 14.3. The highest BCUT2D eigenvalue weighted by Crippen LogP contribution is 2.47. The summed E-state index contributed by atoms with van der Waals surface area (Å²) in [5, 5.41) is 7.03. The van der Waals surface area contributed by atoms with Crippen molar-refractivity contribution in [2.75, 3.05) is 0 Å². The van der Waals surface area contributed by atoms with Crippen LogP contribution in [0, 0.1) is 0 Å². The molecule has 6 heteroatoms. The fourth-order valence-electron chi connectivity index (χ4n) is 8.58. The molecule has 0 radical (unpaired) electrons. The number of thiophene rings is 1. The molecule has 8 aromatic carbocycles. The van der Waals surface area contributed by atoms with E-state index < -0.39 is 0 Å². The van der Waals surface area contributed by atoms with Gasteiger partial charge in [0.15, 0.2) is 17.5 Å². The average Bonchev–Trinajstić information content (AvgIpc) is 3.97. The molecule has 12 aromatic rings. The first-order valence-electron chi connectivity index (χ1n) is 19.0. The number of nitrogens with zero attached hydrogens (tertiary/aromatic N) is 4. The van der Waals surface area contributed by atoms with Crippen molar-refractivity contribution in [3.8, 4) is 51.0 Å². The van der Waals surface area contributed by atoms with Crippen LogP contribution >= 0.6 is 11.3 Å². The summed E-state index contributed by atoms with van der Waals surface area (Å²) in [6.07, 6.45) is 0. The monoisotopic (exact) mass is 746 g/mol. The number of fused-ring (bicyclic) bond motifs is 9. The van der Waals surface area contributed by atoms with Gasteiger partial charge in [0.25, 0.3) is 0 Å². The fourth-order valence-corrected chi connectivity index (χ4v) is 9.92. The minimum Gasteiger partial charge on any atom is -0.456 e. The maximum atomic E-state index is 6.69. The summed E-state index contributed by atoms with van der Waals surface area (Å²) in [6, 6.07) is 63.6. The molecule has 4 aromatic heterocycles. The maximum Gasteiger partial charge on any atom is 0.165 e. The Labute approximate surface area is 330 Å². The summed E-state index contributed by atoms with van der Waals surface area (Å²) >= 11 is 1.79. The first-order chi connectivity index (χ1) is 28.3. The van der Waals surface area contributed by atoms with Crippen LogP contribution in [0.2, 0.25) is 0 Å². The number of rotatable bonds is 5. The second-order valence-corrected chi connectivity index (χ2v) is 15.3. The molecule has 0 spiro atoms. The Balaban J connectivity index is 1.10. The summed E-state index contributed by atoms with van der Waals surface area (Å²) < 4.78 is 11.4. The Morgan fingerprint density at radius 3 is 1.49 bits per heavy atom. The van der Waals surface area contributed by atoms with E-state index in [-0.39, 0.29) is 0 Å². The highest BCUT2D eigenvalue weighted by atomic mass is 32.1. The van der Waals surface area contributed by atoms with Crippen molar-refractivity contribution < 1.29 is 4.42 Å². The van der Waals surface area contributed by atoms with E-state index in [0.29, 0.717) is 17.5 Å². The van der Waals surface area contributed by atoms with Gasteiger partial charge in [-0.25, -0.2) is 15.0 Å². The number of furan rings is 1. The van der Waals surface area contributed by atoms with Crippen LogP contribution in [0.3, 0.4) is 0 Å². The molecule has 4 heterocycles. The Morgan fingerprint density at radius 1 is 0.368 bits per heavy atom. The maximum absolute atomic E-state index is 6.69. The molecule has 0 saturated heterocycles.